The Balaban J connectivity index is 1.49. The second-order valence-electron chi connectivity index (χ2n) is 5.58. The molecule has 1 amide bonds. The molecule has 27 heavy (non-hydrogen) atoms. The van der Waals surface area contributed by atoms with Crippen LogP contribution in [0.25, 0.3) is 0 Å². The average molecular weight is 437 g/mol. The van der Waals surface area contributed by atoms with Crippen molar-refractivity contribution in [2.75, 3.05) is 23.4 Å². The number of rotatable bonds is 9. The minimum atomic E-state index is -0.258. The Morgan fingerprint density at radius 1 is 1.22 bits per heavy atom. The van der Waals surface area contributed by atoms with E-state index in [9.17, 15) is 4.79 Å². The van der Waals surface area contributed by atoms with E-state index in [4.69, 9.17) is 0 Å². The molecular formula is C18H20N4OS4. The van der Waals surface area contributed by atoms with E-state index in [-0.39, 0.29) is 11.2 Å². The van der Waals surface area contributed by atoms with Crippen molar-refractivity contribution >= 4 is 62.9 Å². The van der Waals surface area contributed by atoms with Gasteiger partial charge in [0, 0.05) is 16.3 Å². The minimum absolute atomic E-state index is 0.0381. The van der Waals surface area contributed by atoms with Crippen molar-refractivity contribution in [1.82, 2.24) is 10.2 Å². The van der Waals surface area contributed by atoms with E-state index < -0.39 is 0 Å². The molecule has 0 bridgehead atoms. The summed E-state index contributed by atoms with van der Waals surface area (Å²) in [4.78, 5) is 14.9. The zero-order valence-electron chi connectivity index (χ0n) is 15.0. The molecule has 1 unspecified atom stereocenters. The van der Waals surface area contributed by atoms with E-state index >= 15 is 0 Å². The highest BCUT2D eigenvalue weighted by molar-refractivity contribution is 8.02. The van der Waals surface area contributed by atoms with Gasteiger partial charge in [-0.2, -0.15) is 0 Å². The Bertz CT molecular complexity index is 866. The van der Waals surface area contributed by atoms with Gasteiger partial charge in [-0.15, -0.1) is 33.3 Å². The van der Waals surface area contributed by atoms with Crippen molar-refractivity contribution in [2.24, 2.45) is 0 Å². The first-order valence-electron chi connectivity index (χ1n) is 8.36. The van der Waals surface area contributed by atoms with Crippen molar-refractivity contribution in [3.05, 3.63) is 46.7 Å². The van der Waals surface area contributed by atoms with Crippen molar-refractivity contribution < 1.29 is 4.79 Å². The predicted molar refractivity (Wildman–Crippen MR) is 119 cm³/mol. The van der Waals surface area contributed by atoms with E-state index in [0.717, 1.165) is 33.0 Å². The van der Waals surface area contributed by atoms with Gasteiger partial charge in [0.2, 0.25) is 11.0 Å². The third kappa shape index (κ3) is 5.97. The lowest BCUT2D eigenvalue weighted by Crippen LogP contribution is -2.22. The summed E-state index contributed by atoms with van der Waals surface area (Å²) in [7, 11) is 0. The van der Waals surface area contributed by atoms with Gasteiger partial charge >= 0.3 is 0 Å². The second-order valence-corrected chi connectivity index (χ2v) is 10.0. The quantitative estimate of drug-likeness (QED) is 0.455. The van der Waals surface area contributed by atoms with Crippen molar-refractivity contribution in [3.8, 4) is 0 Å². The van der Waals surface area contributed by atoms with Crippen LogP contribution in [0.2, 0.25) is 0 Å². The topological polar surface area (TPSA) is 66.9 Å². The maximum absolute atomic E-state index is 12.5. The lowest BCUT2D eigenvalue weighted by atomic mass is 10.3. The maximum Gasteiger partial charge on any atom is 0.237 e. The highest BCUT2D eigenvalue weighted by atomic mass is 32.2. The van der Waals surface area contributed by atoms with Gasteiger partial charge in [0.25, 0.3) is 0 Å². The molecule has 2 aromatic heterocycles. The fourth-order valence-electron chi connectivity index (χ4n) is 2.26. The summed E-state index contributed by atoms with van der Waals surface area (Å²) in [5.74, 6) is -0.0381. The molecule has 2 heterocycles. The molecule has 0 fully saturated rings. The Morgan fingerprint density at radius 2 is 2.07 bits per heavy atom. The normalized spacial score (nSPS) is 11.9. The molecule has 2 N–H and O–H groups in total. The zero-order valence-corrected chi connectivity index (χ0v) is 18.2. The number of carbonyl (C=O) groups is 1. The van der Waals surface area contributed by atoms with E-state index in [1.54, 1.807) is 23.1 Å². The number of thiophene rings is 1. The fraction of sp³-hybridized carbons (Fsp3) is 0.278. The van der Waals surface area contributed by atoms with Crippen molar-refractivity contribution in [1.29, 1.82) is 0 Å². The molecule has 1 aromatic carbocycles. The lowest BCUT2D eigenvalue weighted by Gasteiger charge is -2.12. The SMILES string of the molecule is CSc1ccccc1NC(=O)C(C)Sc1nnc(NCCc2cccs2)s1. The van der Waals surface area contributed by atoms with Gasteiger partial charge in [0.05, 0.1) is 10.9 Å². The highest BCUT2D eigenvalue weighted by Gasteiger charge is 2.18. The number of carbonyl (C=O) groups excluding carboxylic acids is 1. The third-order valence-corrected chi connectivity index (χ3v) is 7.44. The summed E-state index contributed by atoms with van der Waals surface area (Å²) >= 11 is 6.27. The van der Waals surface area contributed by atoms with E-state index in [2.05, 4.69) is 38.3 Å². The molecule has 5 nitrogen and oxygen atoms in total. The van der Waals surface area contributed by atoms with Gasteiger partial charge < -0.3 is 10.6 Å². The van der Waals surface area contributed by atoms with Crippen LogP contribution >= 0.6 is 46.2 Å². The van der Waals surface area contributed by atoms with Crippen LogP contribution in [0.5, 0.6) is 0 Å². The van der Waals surface area contributed by atoms with Crippen LogP contribution in [0.15, 0.2) is 51.0 Å². The number of hydrogen-bond donors (Lipinski definition) is 2. The number of nitrogens with one attached hydrogen (secondary N) is 2. The summed E-state index contributed by atoms with van der Waals surface area (Å²) in [5, 5.41) is 17.3. The molecule has 3 rings (SSSR count). The summed E-state index contributed by atoms with van der Waals surface area (Å²) in [6.45, 7) is 2.70. The molecule has 1 atom stereocenters. The largest absolute Gasteiger partial charge is 0.360 e. The van der Waals surface area contributed by atoms with Crippen LogP contribution in [0.3, 0.4) is 0 Å². The number of amides is 1. The molecule has 0 spiro atoms. The first kappa shape index (κ1) is 20.2. The van der Waals surface area contributed by atoms with E-state index in [0.29, 0.717) is 0 Å². The van der Waals surface area contributed by atoms with Gasteiger partial charge in [-0.05, 0) is 43.2 Å². The maximum atomic E-state index is 12.5. The molecule has 3 aromatic rings. The summed E-state index contributed by atoms with van der Waals surface area (Å²) < 4.78 is 0.787. The monoisotopic (exact) mass is 436 g/mol. The highest BCUT2D eigenvalue weighted by Crippen LogP contribution is 2.30. The molecule has 9 heteroatoms. The van der Waals surface area contributed by atoms with Crippen LogP contribution < -0.4 is 10.6 Å². The van der Waals surface area contributed by atoms with Gasteiger partial charge in [0.15, 0.2) is 4.34 Å². The number of anilines is 2. The van der Waals surface area contributed by atoms with E-state index in [1.165, 1.54) is 28.0 Å². The van der Waals surface area contributed by atoms with Crippen LogP contribution in [0, 0.1) is 0 Å². The third-order valence-electron chi connectivity index (χ3n) is 3.65. The number of para-hydroxylation sites is 1. The Morgan fingerprint density at radius 3 is 2.85 bits per heavy atom. The average Bonchev–Trinajstić information content (AvgIpc) is 3.34. The first-order chi connectivity index (χ1) is 13.2. The van der Waals surface area contributed by atoms with Crippen molar-refractivity contribution in [3.63, 3.8) is 0 Å². The number of hydrogen-bond acceptors (Lipinski definition) is 8. The van der Waals surface area contributed by atoms with Crippen molar-refractivity contribution in [2.45, 2.75) is 27.8 Å². The molecule has 0 saturated heterocycles. The van der Waals surface area contributed by atoms with Crippen LogP contribution in [-0.4, -0.2) is 34.2 Å². The minimum Gasteiger partial charge on any atom is -0.360 e. The van der Waals surface area contributed by atoms with Gasteiger partial charge in [-0.3, -0.25) is 4.79 Å². The van der Waals surface area contributed by atoms with Gasteiger partial charge in [-0.1, -0.05) is 41.3 Å². The lowest BCUT2D eigenvalue weighted by molar-refractivity contribution is -0.115. The molecule has 0 aliphatic carbocycles. The summed E-state index contributed by atoms with van der Waals surface area (Å²) in [5.41, 5.74) is 0.843. The molecule has 0 saturated carbocycles. The molecule has 0 aliphatic heterocycles. The molecule has 142 valence electrons. The fourth-order valence-corrected chi connectivity index (χ4v) is 5.45. The smallest absolute Gasteiger partial charge is 0.237 e. The standard InChI is InChI=1S/C18H20N4OS4/c1-12(16(23)20-14-7-3-4-8-15(14)24-2)26-18-22-21-17(27-18)19-10-9-13-6-5-11-25-13/h3-8,11-12H,9-10H2,1-2H3,(H,19,21)(H,20,23). The van der Waals surface area contributed by atoms with Gasteiger partial charge in [-0.25, -0.2) is 0 Å². The van der Waals surface area contributed by atoms with Gasteiger partial charge in [0.1, 0.15) is 0 Å². The Hall–Kier alpha value is -1.55. The molecule has 0 radical (unpaired) electrons. The number of nitrogens with zero attached hydrogens (tertiary/aromatic N) is 2. The van der Waals surface area contributed by atoms with Crippen LogP contribution in [-0.2, 0) is 11.2 Å². The van der Waals surface area contributed by atoms with Crippen LogP contribution in [0.4, 0.5) is 10.8 Å². The zero-order chi connectivity index (χ0) is 19.1. The summed E-state index contributed by atoms with van der Waals surface area (Å²) in [6, 6.07) is 12.0. The molecule has 0 aliphatic rings. The Labute approximate surface area is 175 Å². The first-order valence-corrected chi connectivity index (χ1v) is 12.2. The summed E-state index contributed by atoms with van der Waals surface area (Å²) in [6.07, 6.45) is 2.96. The van der Waals surface area contributed by atoms with Crippen LogP contribution in [0.1, 0.15) is 11.8 Å². The second kappa shape index (κ2) is 10.1. The number of thioether (sulfide) groups is 2. The Kier molecular flexibility index (Phi) is 7.57. The van der Waals surface area contributed by atoms with E-state index in [1.807, 2.05) is 37.4 Å². The molecular weight excluding hydrogens is 416 g/mol. The predicted octanol–water partition coefficient (Wildman–Crippen LogP) is 5.10. The number of aromatic nitrogens is 2. The number of benzene rings is 1.